The van der Waals surface area contributed by atoms with Crippen molar-refractivity contribution in [1.82, 2.24) is 14.8 Å². The largest absolute Gasteiger partial charge is 0.497 e. The number of nitrogens with two attached hydrogens (primary N) is 2. The Bertz CT molecular complexity index is 1160. The SMILES string of the molecule is COc1cccc(-c2cnc(N)c3c2c(N)nn3-c2ccc(C)cc2C)c1. The van der Waals surface area contributed by atoms with Crippen LogP contribution >= 0.6 is 0 Å². The van der Waals surface area contributed by atoms with Crippen molar-refractivity contribution in [3.8, 4) is 22.6 Å². The first-order valence-electron chi connectivity index (χ1n) is 8.64. The molecular weight excluding hydrogens is 338 g/mol. The van der Waals surface area contributed by atoms with Gasteiger partial charge in [0.05, 0.1) is 18.2 Å². The van der Waals surface area contributed by atoms with Crippen molar-refractivity contribution < 1.29 is 4.74 Å². The van der Waals surface area contributed by atoms with Crippen LogP contribution in [0, 0.1) is 13.8 Å². The third-order valence-corrected chi connectivity index (χ3v) is 4.72. The van der Waals surface area contributed by atoms with Gasteiger partial charge < -0.3 is 16.2 Å². The van der Waals surface area contributed by atoms with Crippen molar-refractivity contribution in [2.24, 2.45) is 0 Å². The summed E-state index contributed by atoms with van der Waals surface area (Å²) in [5.41, 5.74) is 18.3. The Kier molecular flexibility index (Phi) is 3.96. The predicted octanol–water partition coefficient (Wildman–Crippen LogP) is 3.88. The number of methoxy groups -OCH3 is 1. The second-order valence-electron chi connectivity index (χ2n) is 6.60. The Hall–Kier alpha value is -3.54. The van der Waals surface area contributed by atoms with E-state index in [0.29, 0.717) is 17.2 Å². The van der Waals surface area contributed by atoms with Gasteiger partial charge in [0.15, 0.2) is 5.82 Å². The predicted molar refractivity (Wildman–Crippen MR) is 109 cm³/mol. The number of aryl methyl sites for hydroxylation is 2. The van der Waals surface area contributed by atoms with Crippen LogP contribution in [-0.2, 0) is 0 Å². The van der Waals surface area contributed by atoms with Crippen LogP contribution in [-0.4, -0.2) is 21.9 Å². The van der Waals surface area contributed by atoms with Gasteiger partial charge in [-0.3, -0.25) is 0 Å². The normalized spacial score (nSPS) is 11.1. The van der Waals surface area contributed by atoms with E-state index >= 15 is 0 Å². The first-order valence-corrected chi connectivity index (χ1v) is 8.64. The number of hydrogen-bond donors (Lipinski definition) is 2. The van der Waals surface area contributed by atoms with Crippen molar-refractivity contribution in [2.75, 3.05) is 18.6 Å². The lowest BCUT2D eigenvalue weighted by molar-refractivity contribution is 0.415. The zero-order valence-corrected chi connectivity index (χ0v) is 15.5. The van der Waals surface area contributed by atoms with Crippen molar-refractivity contribution in [3.05, 3.63) is 59.8 Å². The van der Waals surface area contributed by atoms with Crippen molar-refractivity contribution >= 4 is 22.5 Å². The molecule has 2 aromatic carbocycles. The van der Waals surface area contributed by atoms with E-state index < -0.39 is 0 Å². The quantitative estimate of drug-likeness (QED) is 0.579. The van der Waals surface area contributed by atoms with Crippen LogP contribution in [0.15, 0.2) is 48.7 Å². The van der Waals surface area contributed by atoms with Crippen molar-refractivity contribution in [2.45, 2.75) is 13.8 Å². The molecule has 0 saturated carbocycles. The fourth-order valence-electron chi connectivity index (χ4n) is 3.42. The van der Waals surface area contributed by atoms with E-state index in [1.165, 1.54) is 5.56 Å². The molecule has 2 aromatic heterocycles. The number of nitrogens with zero attached hydrogens (tertiary/aromatic N) is 3. The fourth-order valence-corrected chi connectivity index (χ4v) is 3.42. The van der Waals surface area contributed by atoms with Gasteiger partial charge in [-0.25, -0.2) is 9.67 Å². The second kappa shape index (κ2) is 6.32. The third kappa shape index (κ3) is 2.75. The summed E-state index contributed by atoms with van der Waals surface area (Å²) in [5, 5.41) is 5.37. The molecule has 27 heavy (non-hydrogen) atoms. The maximum Gasteiger partial charge on any atom is 0.154 e. The van der Waals surface area contributed by atoms with E-state index in [1.54, 1.807) is 18.0 Å². The van der Waals surface area contributed by atoms with Gasteiger partial charge >= 0.3 is 0 Å². The summed E-state index contributed by atoms with van der Waals surface area (Å²) < 4.78 is 7.13. The summed E-state index contributed by atoms with van der Waals surface area (Å²) in [6.07, 6.45) is 1.73. The number of rotatable bonds is 3. The first kappa shape index (κ1) is 16.9. The van der Waals surface area contributed by atoms with E-state index in [4.69, 9.17) is 16.2 Å². The van der Waals surface area contributed by atoms with Crippen molar-refractivity contribution in [1.29, 1.82) is 0 Å². The van der Waals surface area contributed by atoms with E-state index in [-0.39, 0.29) is 0 Å². The fraction of sp³-hybridized carbons (Fsp3) is 0.143. The molecule has 0 spiro atoms. The lowest BCUT2D eigenvalue weighted by Gasteiger charge is -2.11. The zero-order valence-electron chi connectivity index (χ0n) is 15.5. The van der Waals surface area contributed by atoms with E-state index in [0.717, 1.165) is 33.5 Å². The molecule has 0 saturated heterocycles. The standard InChI is InChI=1S/C21H21N5O/c1-12-7-8-17(13(2)9-12)26-19-18(20(22)25-26)16(11-24-21(19)23)14-5-4-6-15(10-14)27-3/h4-11H,1-3H3,(H2,22,25)(H2,23,24). The average Bonchev–Trinajstić information content (AvgIpc) is 3.00. The molecular formula is C21H21N5O. The molecule has 6 nitrogen and oxygen atoms in total. The van der Waals surface area contributed by atoms with Crippen LogP contribution in [0.3, 0.4) is 0 Å². The Morgan fingerprint density at radius 3 is 2.56 bits per heavy atom. The first-order chi connectivity index (χ1) is 13.0. The van der Waals surface area contributed by atoms with E-state index in [9.17, 15) is 0 Å². The van der Waals surface area contributed by atoms with Gasteiger partial charge in [0.25, 0.3) is 0 Å². The van der Waals surface area contributed by atoms with E-state index in [2.05, 4.69) is 23.1 Å². The highest BCUT2D eigenvalue weighted by atomic mass is 16.5. The molecule has 0 amide bonds. The number of benzene rings is 2. The van der Waals surface area contributed by atoms with Gasteiger partial charge in [0.1, 0.15) is 17.1 Å². The number of fused-ring (bicyclic) bond motifs is 1. The molecule has 6 heteroatoms. The highest BCUT2D eigenvalue weighted by molar-refractivity contribution is 6.06. The summed E-state index contributed by atoms with van der Waals surface area (Å²) in [4.78, 5) is 4.41. The van der Waals surface area contributed by atoms with Gasteiger partial charge in [-0.05, 0) is 43.2 Å². The molecule has 0 fully saturated rings. The highest BCUT2D eigenvalue weighted by Gasteiger charge is 2.19. The number of aromatic nitrogens is 3. The lowest BCUT2D eigenvalue weighted by Crippen LogP contribution is -2.03. The molecule has 136 valence electrons. The second-order valence-corrected chi connectivity index (χ2v) is 6.60. The van der Waals surface area contributed by atoms with Crippen molar-refractivity contribution in [3.63, 3.8) is 0 Å². The average molecular weight is 359 g/mol. The number of ether oxygens (including phenoxy) is 1. The van der Waals surface area contributed by atoms with Crippen LogP contribution in [0.25, 0.3) is 27.7 Å². The minimum atomic E-state index is 0.390. The number of pyridine rings is 1. The van der Waals surface area contributed by atoms with Gasteiger partial charge in [-0.1, -0.05) is 29.8 Å². The van der Waals surface area contributed by atoms with Crippen LogP contribution in [0.1, 0.15) is 11.1 Å². The summed E-state index contributed by atoms with van der Waals surface area (Å²) in [6.45, 7) is 4.10. The monoisotopic (exact) mass is 359 g/mol. The highest BCUT2D eigenvalue weighted by Crippen LogP contribution is 2.37. The molecule has 0 atom stereocenters. The molecule has 2 heterocycles. The summed E-state index contributed by atoms with van der Waals surface area (Å²) in [6, 6.07) is 13.9. The third-order valence-electron chi connectivity index (χ3n) is 4.72. The summed E-state index contributed by atoms with van der Waals surface area (Å²) >= 11 is 0. The van der Waals surface area contributed by atoms with Crippen LogP contribution < -0.4 is 16.2 Å². The Labute approximate surface area is 157 Å². The van der Waals surface area contributed by atoms with Gasteiger partial charge in [0.2, 0.25) is 0 Å². The molecule has 4 rings (SSSR count). The molecule has 4 aromatic rings. The van der Waals surface area contributed by atoms with Gasteiger partial charge in [-0.2, -0.15) is 0 Å². The van der Waals surface area contributed by atoms with Crippen LogP contribution in [0.5, 0.6) is 5.75 Å². The maximum absolute atomic E-state index is 6.33. The molecule has 4 N–H and O–H groups in total. The Morgan fingerprint density at radius 1 is 1.00 bits per heavy atom. The molecule has 0 aliphatic rings. The summed E-state index contributed by atoms with van der Waals surface area (Å²) in [7, 11) is 1.64. The van der Waals surface area contributed by atoms with Crippen LogP contribution in [0.4, 0.5) is 11.6 Å². The number of nitrogen functional groups attached to an aromatic ring is 2. The summed E-state index contributed by atoms with van der Waals surface area (Å²) in [5.74, 6) is 1.57. The Balaban J connectivity index is 2.02. The smallest absolute Gasteiger partial charge is 0.154 e. The zero-order chi connectivity index (χ0) is 19.1. The maximum atomic E-state index is 6.33. The van der Waals surface area contributed by atoms with Crippen LogP contribution in [0.2, 0.25) is 0 Å². The minimum Gasteiger partial charge on any atom is -0.497 e. The number of hydrogen-bond acceptors (Lipinski definition) is 5. The number of anilines is 2. The molecule has 0 aliphatic carbocycles. The minimum absolute atomic E-state index is 0.390. The Morgan fingerprint density at radius 2 is 1.81 bits per heavy atom. The van der Waals surface area contributed by atoms with Gasteiger partial charge in [-0.15, -0.1) is 5.10 Å². The lowest BCUT2D eigenvalue weighted by atomic mass is 10.0. The van der Waals surface area contributed by atoms with Gasteiger partial charge in [0, 0.05) is 11.8 Å². The molecule has 0 radical (unpaired) electrons. The molecule has 0 aliphatic heterocycles. The molecule has 0 bridgehead atoms. The van der Waals surface area contributed by atoms with E-state index in [1.807, 2.05) is 43.3 Å². The molecule has 0 unspecified atom stereocenters. The topological polar surface area (TPSA) is 92.0 Å².